The molecule has 146 valence electrons. The van der Waals surface area contributed by atoms with Gasteiger partial charge in [-0.1, -0.05) is 63.6 Å². The second-order valence-electron chi connectivity index (χ2n) is 8.93. The van der Waals surface area contributed by atoms with E-state index in [1.165, 1.54) is 39.1 Å². The third-order valence-corrected chi connectivity index (χ3v) is 5.94. The summed E-state index contributed by atoms with van der Waals surface area (Å²) in [5.74, 6) is 1.10. The molecular formula is C25H36N2. The van der Waals surface area contributed by atoms with E-state index < -0.39 is 0 Å². The van der Waals surface area contributed by atoms with Gasteiger partial charge in [0.25, 0.3) is 0 Å². The number of benzene rings is 2. The SMILES string of the molecule is Cc1cc(C)c(CN2CCN(c3c(C(C)C)cccc3C(C)C)C2)c(C)c1. The van der Waals surface area contributed by atoms with Crippen LogP contribution in [0.4, 0.5) is 5.69 Å². The maximum absolute atomic E-state index is 2.61. The zero-order valence-corrected chi connectivity index (χ0v) is 18.3. The summed E-state index contributed by atoms with van der Waals surface area (Å²) in [6, 6.07) is 11.5. The first-order valence-electron chi connectivity index (χ1n) is 10.4. The first-order chi connectivity index (χ1) is 12.8. The Hall–Kier alpha value is -1.80. The van der Waals surface area contributed by atoms with Gasteiger partial charge in [-0.25, -0.2) is 0 Å². The molecule has 0 radical (unpaired) electrons. The number of hydrogen-bond donors (Lipinski definition) is 0. The topological polar surface area (TPSA) is 6.48 Å². The molecule has 0 aliphatic carbocycles. The zero-order chi connectivity index (χ0) is 19.7. The summed E-state index contributed by atoms with van der Waals surface area (Å²) in [5, 5.41) is 0. The largest absolute Gasteiger partial charge is 0.357 e. The average Bonchev–Trinajstić information content (AvgIpc) is 3.05. The Kier molecular flexibility index (Phi) is 5.95. The monoisotopic (exact) mass is 364 g/mol. The van der Waals surface area contributed by atoms with Crippen LogP contribution in [0.3, 0.4) is 0 Å². The fourth-order valence-electron chi connectivity index (χ4n) is 4.52. The molecule has 1 saturated heterocycles. The van der Waals surface area contributed by atoms with E-state index in [1.54, 1.807) is 0 Å². The van der Waals surface area contributed by atoms with Crippen LogP contribution < -0.4 is 4.90 Å². The fraction of sp³-hybridized carbons (Fsp3) is 0.520. The van der Waals surface area contributed by atoms with Gasteiger partial charge in [-0.3, -0.25) is 4.90 Å². The molecule has 1 fully saturated rings. The summed E-state index contributed by atoms with van der Waals surface area (Å²) >= 11 is 0. The summed E-state index contributed by atoms with van der Waals surface area (Å²) in [7, 11) is 0. The minimum Gasteiger partial charge on any atom is -0.357 e. The number of nitrogens with zero attached hydrogens (tertiary/aromatic N) is 2. The quantitative estimate of drug-likeness (QED) is 0.629. The van der Waals surface area contributed by atoms with Crippen molar-refractivity contribution in [2.24, 2.45) is 0 Å². The fourth-order valence-corrected chi connectivity index (χ4v) is 4.52. The molecule has 0 spiro atoms. The summed E-state index contributed by atoms with van der Waals surface area (Å²) in [4.78, 5) is 5.22. The minimum atomic E-state index is 0.550. The Balaban J connectivity index is 1.85. The standard InChI is InChI=1S/C25H36N2/c1-17(2)22-9-8-10-23(18(3)4)25(22)27-12-11-26(16-27)15-24-20(6)13-19(5)14-21(24)7/h8-10,13-14,17-18H,11-12,15-16H2,1-7H3. The molecule has 0 atom stereocenters. The molecule has 0 unspecified atom stereocenters. The van der Waals surface area contributed by atoms with E-state index in [1.807, 2.05) is 0 Å². The predicted molar refractivity (Wildman–Crippen MR) is 118 cm³/mol. The van der Waals surface area contributed by atoms with Crippen molar-refractivity contribution in [3.05, 3.63) is 63.7 Å². The average molecular weight is 365 g/mol. The van der Waals surface area contributed by atoms with Crippen molar-refractivity contribution in [2.75, 3.05) is 24.7 Å². The molecule has 1 aliphatic rings. The number of rotatable bonds is 5. The second kappa shape index (κ2) is 8.06. The van der Waals surface area contributed by atoms with Crippen LogP contribution in [-0.4, -0.2) is 24.7 Å². The third-order valence-electron chi connectivity index (χ3n) is 5.94. The Morgan fingerprint density at radius 2 is 1.41 bits per heavy atom. The van der Waals surface area contributed by atoms with E-state index in [0.29, 0.717) is 11.8 Å². The smallest absolute Gasteiger partial charge is 0.0711 e. The van der Waals surface area contributed by atoms with Gasteiger partial charge in [-0.15, -0.1) is 0 Å². The lowest BCUT2D eigenvalue weighted by Gasteiger charge is -2.28. The van der Waals surface area contributed by atoms with E-state index in [9.17, 15) is 0 Å². The Morgan fingerprint density at radius 3 is 1.93 bits per heavy atom. The lowest BCUT2D eigenvalue weighted by Crippen LogP contribution is -2.27. The summed E-state index contributed by atoms with van der Waals surface area (Å²) in [5.41, 5.74) is 10.2. The van der Waals surface area contributed by atoms with Gasteiger partial charge in [0.05, 0.1) is 6.67 Å². The molecule has 0 saturated carbocycles. The molecule has 0 aromatic heterocycles. The van der Waals surface area contributed by atoms with Crippen LogP contribution in [-0.2, 0) is 6.54 Å². The highest BCUT2D eigenvalue weighted by molar-refractivity contribution is 5.62. The van der Waals surface area contributed by atoms with Gasteiger partial charge >= 0.3 is 0 Å². The Bertz CT molecular complexity index is 755. The van der Waals surface area contributed by atoms with Crippen LogP contribution in [0.15, 0.2) is 30.3 Å². The Labute approximate surface area is 166 Å². The van der Waals surface area contributed by atoms with E-state index >= 15 is 0 Å². The first kappa shape index (κ1) is 19.9. The van der Waals surface area contributed by atoms with Gasteiger partial charge in [0, 0.05) is 25.3 Å². The van der Waals surface area contributed by atoms with Crippen molar-refractivity contribution in [2.45, 2.75) is 66.8 Å². The van der Waals surface area contributed by atoms with Gasteiger partial charge in [0.1, 0.15) is 0 Å². The van der Waals surface area contributed by atoms with Crippen molar-refractivity contribution in [3.8, 4) is 0 Å². The predicted octanol–water partition coefficient (Wildman–Crippen LogP) is 6.14. The van der Waals surface area contributed by atoms with Crippen molar-refractivity contribution in [1.29, 1.82) is 0 Å². The maximum atomic E-state index is 2.61. The molecule has 1 heterocycles. The molecular weight excluding hydrogens is 328 g/mol. The highest BCUT2D eigenvalue weighted by Crippen LogP contribution is 2.36. The first-order valence-corrected chi connectivity index (χ1v) is 10.4. The number of aryl methyl sites for hydroxylation is 3. The molecule has 2 aromatic carbocycles. The second-order valence-corrected chi connectivity index (χ2v) is 8.93. The molecule has 27 heavy (non-hydrogen) atoms. The lowest BCUT2D eigenvalue weighted by molar-refractivity contribution is 0.332. The lowest BCUT2D eigenvalue weighted by atomic mass is 9.92. The van der Waals surface area contributed by atoms with Crippen molar-refractivity contribution < 1.29 is 0 Å². The molecule has 0 bridgehead atoms. The van der Waals surface area contributed by atoms with E-state index in [0.717, 1.165) is 26.3 Å². The van der Waals surface area contributed by atoms with Crippen LogP contribution in [0.1, 0.15) is 72.9 Å². The summed E-state index contributed by atoms with van der Waals surface area (Å²) in [6.07, 6.45) is 0. The van der Waals surface area contributed by atoms with Crippen LogP contribution in [0.5, 0.6) is 0 Å². The molecule has 1 aliphatic heterocycles. The van der Waals surface area contributed by atoms with Gasteiger partial charge in [0.15, 0.2) is 0 Å². The van der Waals surface area contributed by atoms with Gasteiger partial charge in [0.2, 0.25) is 0 Å². The normalized spacial score (nSPS) is 15.4. The molecule has 3 rings (SSSR count). The highest BCUT2D eigenvalue weighted by atomic mass is 15.4. The van der Waals surface area contributed by atoms with E-state index in [-0.39, 0.29) is 0 Å². The molecule has 0 N–H and O–H groups in total. The number of para-hydroxylation sites is 1. The molecule has 2 aromatic rings. The summed E-state index contributed by atoms with van der Waals surface area (Å²) < 4.78 is 0. The van der Waals surface area contributed by atoms with Crippen LogP contribution >= 0.6 is 0 Å². The van der Waals surface area contributed by atoms with Crippen LogP contribution in [0, 0.1) is 20.8 Å². The van der Waals surface area contributed by atoms with Crippen molar-refractivity contribution >= 4 is 5.69 Å². The zero-order valence-electron chi connectivity index (χ0n) is 18.3. The molecule has 2 heteroatoms. The molecule has 2 nitrogen and oxygen atoms in total. The van der Waals surface area contributed by atoms with Crippen molar-refractivity contribution in [1.82, 2.24) is 4.90 Å². The third kappa shape index (κ3) is 4.21. The van der Waals surface area contributed by atoms with Crippen molar-refractivity contribution in [3.63, 3.8) is 0 Å². The number of anilines is 1. The molecule has 0 amide bonds. The van der Waals surface area contributed by atoms with E-state index in [4.69, 9.17) is 0 Å². The Morgan fingerprint density at radius 1 is 0.852 bits per heavy atom. The van der Waals surface area contributed by atoms with Gasteiger partial charge in [-0.05, 0) is 60.4 Å². The highest BCUT2D eigenvalue weighted by Gasteiger charge is 2.26. The van der Waals surface area contributed by atoms with Crippen LogP contribution in [0.25, 0.3) is 0 Å². The van der Waals surface area contributed by atoms with Crippen LogP contribution in [0.2, 0.25) is 0 Å². The van der Waals surface area contributed by atoms with Gasteiger partial charge < -0.3 is 4.90 Å². The number of hydrogen-bond acceptors (Lipinski definition) is 2. The van der Waals surface area contributed by atoms with Gasteiger partial charge in [-0.2, -0.15) is 0 Å². The summed E-state index contributed by atoms with van der Waals surface area (Å²) in [6.45, 7) is 20.3. The van der Waals surface area contributed by atoms with E-state index in [2.05, 4.69) is 88.6 Å². The minimum absolute atomic E-state index is 0.550. The maximum Gasteiger partial charge on any atom is 0.0711 e.